The highest BCUT2D eigenvalue weighted by Gasteiger charge is 2.63. The summed E-state index contributed by atoms with van der Waals surface area (Å²) in [5.74, 6) is -1.86. The van der Waals surface area contributed by atoms with Crippen molar-refractivity contribution < 1.29 is 19.1 Å². The highest BCUT2D eigenvalue weighted by molar-refractivity contribution is 9.10. The highest BCUT2D eigenvalue weighted by Crippen LogP contribution is 2.49. The standard InChI is InChI=1S/C25H23BrN2O4/c1-32-13-5-12-27-24(30)20-19-10-8-16-14-17(26)9-11-18(16)28(19)22(21(20)25(27)31)23(29)15-6-3-2-4-7-15/h2-4,6-11,14,19-22H,5,12-13H2,1H3/t19-,20+,21-,22+/m1/s1. The van der Waals surface area contributed by atoms with Crippen LogP contribution in [-0.2, 0) is 14.3 Å². The average Bonchev–Trinajstić information content (AvgIpc) is 3.27. The molecule has 0 unspecified atom stereocenters. The summed E-state index contributed by atoms with van der Waals surface area (Å²) < 4.78 is 6.02. The van der Waals surface area contributed by atoms with Gasteiger partial charge < -0.3 is 9.64 Å². The number of Topliss-reactive ketones (excluding diaryl/α,β-unsaturated/α-hetero) is 1. The molecular formula is C25H23BrN2O4. The van der Waals surface area contributed by atoms with Gasteiger partial charge in [-0.1, -0.05) is 58.4 Å². The Labute approximate surface area is 195 Å². The molecule has 3 aliphatic heterocycles. The zero-order valence-electron chi connectivity index (χ0n) is 17.6. The predicted octanol–water partition coefficient (Wildman–Crippen LogP) is 3.55. The van der Waals surface area contributed by atoms with Crippen LogP contribution in [0.25, 0.3) is 6.08 Å². The predicted molar refractivity (Wildman–Crippen MR) is 124 cm³/mol. The Bertz CT molecular complexity index is 1120. The van der Waals surface area contributed by atoms with Gasteiger partial charge in [0, 0.05) is 36.0 Å². The van der Waals surface area contributed by atoms with Gasteiger partial charge in [-0.3, -0.25) is 19.3 Å². The van der Waals surface area contributed by atoms with Gasteiger partial charge in [-0.25, -0.2) is 0 Å². The van der Waals surface area contributed by atoms with Crippen molar-refractivity contribution in [1.82, 2.24) is 4.90 Å². The fourth-order valence-electron chi connectivity index (χ4n) is 5.27. The Balaban J connectivity index is 1.59. The Kier molecular flexibility index (Phi) is 5.47. The molecule has 0 spiro atoms. The van der Waals surface area contributed by atoms with Gasteiger partial charge in [-0.05, 0) is 30.2 Å². The summed E-state index contributed by atoms with van der Waals surface area (Å²) >= 11 is 3.50. The van der Waals surface area contributed by atoms with E-state index in [0.29, 0.717) is 25.1 Å². The number of ketones is 1. The van der Waals surface area contributed by atoms with Crippen LogP contribution in [0.4, 0.5) is 5.69 Å². The molecule has 5 rings (SSSR count). The van der Waals surface area contributed by atoms with Crippen LogP contribution in [0.1, 0.15) is 22.3 Å². The summed E-state index contributed by atoms with van der Waals surface area (Å²) in [6, 6.07) is 13.8. The second-order valence-electron chi connectivity index (χ2n) is 8.36. The Morgan fingerprint density at radius 1 is 1.06 bits per heavy atom. The number of rotatable bonds is 6. The van der Waals surface area contributed by atoms with Crippen molar-refractivity contribution in [2.24, 2.45) is 11.8 Å². The first-order valence-electron chi connectivity index (χ1n) is 10.7. The normalized spacial score (nSPS) is 25.7. The molecule has 0 saturated carbocycles. The number of carbonyl (C=O) groups excluding carboxylic acids is 3. The molecule has 0 bridgehead atoms. The van der Waals surface area contributed by atoms with Crippen molar-refractivity contribution in [3.8, 4) is 0 Å². The van der Waals surface area contributed by atoms with E-state index in [9.17, 15) is 14.4 Å². The largest absolute Gasteiger partial charge is 0.385 e. The molecule has 0 radical (unpaired) electrons. The van der Waals surface area contributed by atoms with Crippen molar-refractivity contribution in [1.29, 1.82) is 0 Å². The molecule has 2 aromatic rings. The number of benzene rings is 2. The van der Waals surface area contributed by atoms with Gasteiger partial charge in [-0.15, -0.1) is 0 Å². The molecule has 32 heavy (non-hydrogen) atoms. The van der Waals surface area contributed by atoms with E-state index >= 15 is 0 Å². The summed E-state index contributed by atoms with van der Waals surface area (Å²) in [5, 5.41) is 0. The summed E-state index contributed by atoms with van der Waals surface area (Å²) in [7, 11) is 1.59. The summed E-state index contributed by atoms with van der Waals surface area (Å²) in [4.78, 5) is 44.0. The molecule has 0 aromatic heterocycles. The lowest BCUT2D eigenvalue weighted by Crippen LogP contribution is -2.48. The molecule has 2 fully saturated rings. The number of fused-ring (bicyclic) bond motifs is 5. The molecule has 6 nitrogen and oxygen atoms in total. The average molecular weight is 495 g/mol. The van der Waals surface area contributed by atoms with Crippen molar-refractivity contribution in [3.05, 3.63) is 70.2 Å². The number of imide groups is 1. The number of nitrogens with zero attached hydrogens (tertiary/aromatic N) is 2. The van der Waals surface area contributed by atoms with Crippen molar-refractivity contribution >= 4 is 45.3 Å². The third kappa shape index (κ3) is 3.22. The second kappa shape index (κ2) is 8.30. The molecule has 2 amide bonds. The number of ether oxygens (including phenoxy) is 1. The molecule has 3 heterocycles. The van der Waals surface area contributed by atoms with Gasteiger partial charge in [0.05, 0.1) is 17.9 Å². The minimum absolute atomic E-state index is 0.132. The first-order chi connectivity index (χ1) is 15.5. The topological polar surface area (TPSA) is 66.9 Å². The van der Waals surface area contributed by atoms with Crippen molar-refractivity contribution in [2.75, 3.05) is 25.2 Å². The zero-order chi connectivity index (χ0) is 22.4. The van der Waals surface area contributed by atoms with Crippen LogP contribution in [0.5, 0.6) is 0 Å². The Morgan fingerprint density at radius 2 is 1.81 bits per heavy atom. The number of halogens is 1. The SMILES string of the molecule is COCCCN1C(=O)[C@@H]2[C@@H](C1=O)[C@@H](C(=O)c1ccccc1)N1c3ccc(Br)cc3C=C[C@H]21. The summed E-state index contributed by atoms with van der Waals surface area (Å²) in [6.07, 6.45) is 4.53. The first kappa shape index (κ1) is 21.1. The quantitative estimate of drug-likeness (QED) is 0.349. The van der Waals surface area contributed by atoms with Crippen LogP contribution in [-0.4, -0.2) is 54.8 Å². The van der Waals surface area contributed by atoms with E-state index in [-0.39, 0.29) is 23.6 Å². The van der Waals surface area contributed by atoms with Gasteiger partial charge in [0.2, 0.25) is 11.8 Å². The van der Waals surface area contributed by atoms with E-state index in [1.165, 1.54) is 4.90 Å². The maximum Gasteiger partial charge on any atom is 0.235 e. The van der Waals surface area contributed by atoms with Gasteiger partial charge in [0.15, 0.2) is 5.78 Å². The number of amides is 2. The highest BCUT2D eigenvalue weighted by atomic mass is 79.9. The fourth-order valence-corrected chi connectivity index (χ4v) is 5.65. The van der Waals surface area contributed by atoms with Crippen molar-refractivity contribution in [2.45, 2.75) is 18.5 Å². The van der Waals surface area contributed by atoms with Crippen LogP contribution in [0, 0.1) is 11.8 Å². The maximum absolute atomic E-state index is 13.8. The van der Waals surface area contributed by atoms with Gasteiger partial charge >= 0.3 is 0 Å². The molecule has 3 aliphatic rings. The van der Waals surface area contributed by atoms with Gasteiger partial charge in [0.25, 0.3) is 0 Å². The lowest BCUT2D eigenvalue weighted by Gasteiger charge is -2.36. The minimum Gasteiger partial charge on any atom is -0.385 e. The van der Waals surface area contributed by atoms with Crippen LogP contribution >= 0.6 is 15.9 Å². The molecule has 2 saturated heterocycles. The Hall–Kier alpha value is -2.77. The lowest BCUT2D eigenvalue weighted by molar-refractivity contribution is -0.140. The number of likely N-dealkylation sites (tertiary alicyclic amines) is 1. The molecule has 164 valence electrons. The molecular weight excluding hydrogens is 472 g/mol. The number of carbonyl (C=O) groups is 3. The van der Waals surface area contributed by atoms with E-state index in [2.05, 4.69) is 15.9 Å². The van der Waals surface area contributed by atoms with Crippen LogP contribution in [0.2, 0.25) is 0 Å². The fraction of sp³-hybridized carbons (Fsp3) is 0.320. The minimum atomic E-state index is -0.735. The summed E-state index contributed by atoms with van der Waals surface area (Å²) in [5.41, 5.74) is 2.37. The molecule has 0 aliphatic carbocycles. The number of methoxy groups -OCH3 is 1. The number of anilines is 1. The van der Waals surface area contributed by atoms with E-state index in [1.807, 2.05) is 53.5 Å². The van der Waals surface area contributed by atoms with Gasteiger partial charge in [0.1, 0.15) is 6.04 Å². The second-order valence-corrected chi connectivity index (χ2v) is 9.28. The molecule has 4 atom stereocenters. The van der Waals surface area contributed by atoms with E-state index in [1.54, 1.807) is 19.2 Å². The van der Waals surface area contributed by atoms with E-state index in [4.69, 9.17) is 4.74 Å². The van der Waals surface area contributed by atoms with Crippen LogP contribution < -0.4 is 4.90 Å². The zero-order valence-corrected chi connectivity index (χ0v) is 19.2. The molecule has 7 heteroatoms. The smallest absolute Gasteiger partial charge is 0.235 e. The summed E-state index contributed by atoms with van der Waals surface area (Å²) in [6.45, 7) is 0.779. The number of hydrogen-bond donors (Lipinski definition) is 0. The molecule has 2 aromatic carbocycles. The van der Waals surface area contributed by atoms with E-state index < -0.39 is 17.9 Å². The maximum atomic E-state index is 13.8. The van der Waals surface area contributed by atoms with Crippen LogP contribution in [0.15, 0.2) is 59.1 Å². The van der Waals surface area contributed by atoms with Crippen molar-refractivity contribution in [3.63, 3.8) is 0 Å². The lowest BCUT2D eigenvalue weighted by atomic mass is 9.86. The molecule has 0 N–H and O–H groups in total. The monoisotopic (exact) mass is 494 g/mol. The third-order valence-electron chi connectivity index (χ3n) is 6.62. The van der Waals surface area contributed by atoms with Crippen LogP contribution in [0.3, 0.4) is 0 Å². The van der Waals surface area contributed by atoms with E-state index in [0.717, 1.165) is 15.7 Å². The Morgan fingerprint density at radius 3 is 2.56 bits per heavy atom. The van der Waals surface area contributed by atoms with Gasteiger partial charge in [-0.2, -0.15) is 0 Å². The number of hydrogen-bond acceptors (Lipinski definition) is 5. The first-order valence-corrected chi connectivity index (χ1v) is 11.5. The third-order valence-corrected chi connectivity index (χ3v) is 7.11.